The highest BCUT2D eigenvalue weighted by Gasteiger charge is 2.23. The van der Waals surface area contributed by atoms with E-state index in [4.69, 9.17) is 10.8 Å². The molecule has 1 rings (SSSR count). The first-order valence-corrected chi connectivity index (χ1v) is 5.80. The lowest BCUT2D eigenvalue weighted by atomic mass is 9.85. The molecule has 0 spiro atoms. The van der Waals surface area contributed by atoms with Crippen molar-refractivity contribution in [3.05, 3.63) is 0 Å². The summed E-state index contributed by atoms with van der Waals surface area (Å²) in [5.41, 5.74) is 5.26. The number of nitrogens with two attached hydrogens (primary N) is 1. The number of carbonyl (C=O) groups excluding carboxylic acids is 1. The maximum atomic E-state index is 10.9. The van der Waals surface area contributed by atoms with Gasteiger partial charge in [0.2, 0.25) is 5.91 Å². The van der Waals surface area contributed by atoms with Crippen LogP contribution in [0.5, 0.6) is 0 Å². The molecule has 1 unspecified atom stereocenters. The zero-order chi connectivity index (χ0) is 11.3. The van der Waals surface area contributed by atoms with Gasteiger partial charge in [-0.1, -0.05) is 0 Å². The predicted molar refractivity (Wildman–Crippen MR) is 59.2 cm³/mol. The second kappa shape index (κ2) is 6.08. The second-order valence-electron chi connectivity index (χ2n) is 4.54. The third-order valence-electron chi connectivity index (χ3n) is 3.12. The Morgan fingerprint density at radius 2 is 2.07 bits per heavy atom. The number of hydrogen-bond acceptors (Lipinski definition) is 3. The summed E-state index contributed by atoms with van der Waals surface area (Å²) in [5, 5.41) is 12.5. The van der Waals surface area contributed by atoms with Gasteiger partial charge in [0, 0.05) is 12.0 Å². The number of rotatable bonds is 5. The zero-order valence-electron chi connectivity index (χ0n) is 9.41. The predicted octanol–water partition coefficient (Wildman–Crippen LogP) is 0.391. The van der Waals surface area contributed by atoms with E-state index < -0.39 is 0 Å². The van der Waals surface area contributed by atoms with Gasteiger partial charge in [0.15, 0.2) is 0 Å². The lowest BCUT2D eigenvalue weighted by molar-refractivity contribution is -0.122. The maximum Gasteiger partial charge on any atom is 0.220 e. The number of nitrogens with one attached hydrogen (secondary N) is 1. The molecule has 1 atom stereocenters. The third kappa shape index (κ3) is 4.62. The second-order valence-corrected chi connectivity index (χ2v) is 4.54. The molecule has 0 aromatic heterocycles. The van der Waals surface area contributed by atoms with E-state index in [-0.39, 0.29) is 17.9 Å². The molecule has 15 heavy (non-hydrogen) atoms. The van der Waals surface area contributed by atoms with Crippen LogP contribution >= 0.6 is 0 Å². The van der Waals surface area contributed by atoms with Gasteiger partial charge in [-0.2, -0.15) is 0 Å². The topological polar surface area (TPSA) is 75.3 Å². The van der Waals surface area contributed by atoms with Crippen LogP contribution in [0, 0.1) is 5.92 Å². The highest BCUT2D eigenvalue weighted by Crippen LogP contribution is 2.23. The Morgan fingerprint density at radius 3 is 2.53 bits per heavy atom. The molecule has 4 nitrogen and oxygen atoms in total. The van der Waals surface area contributed by atoms with Gasteiger partial charge in [0.1, 0.15) is 0 Å². The van der Waals surface area contributed by atoms with Crippen LogP contribution in [0.25, 0.3) is 0 Å². The van der Waals surface area contributed by atoms with Crippen molar-refractivity contribution in [2.45, 2.75) is 51.2 Å². The third-order valence-corrected chi connectivity index (χ3v) is 3.12. The normalized spacial score (nSPS) is 28.7. The fraction of sp³-hybridized carbons (Fsp3) is 0.909. The lowest BCUT2D eigenvalue weighted by Crippen LogP contribution is -2.37. The molecule has 1 aliphatic rings. The van der Waals surface area contributed by atoms with Crippen molar-refractivity contribution in [3.63, 3.8) is 0 Å². The molecule has 0 saturated heterocycles. The van der Waals surface area contributed by atoms with Gasteiger partial charge in [-0.15, -0.1) is 0 Å². The van der Waals surface area contributed by atoms with Crippen molar-refractivity contribution in [2.75, 3.05) is 6.54 Å². The maximum absolute atomic E-state index is 10.9. The highest BCUT2D eigenvalue weighted by molar-refractivity contribution is 5.76. The van der Waals surface area contributed by atoms with Crippen molar-refractivity contribution < 1.29 is 9.90 Å². The van der Waals surface area contributed by atoms with Gasteiger partial charge in [0.05, 0.1) is 6.10 Å². The summed E-state index contributed by atoms with van der Waals surface area (Å²) in [5.74, 6) is -0.0720. The van der Waals surface area contributed by atoms with Crippen molar-refractivity contribution in [3.8, 4) is 0 Å². The minimum Gasteiger partial charge on any atom is -0.393 e. The Kier molecular flexibility index (Phi) is 5.05. The molecule has 0 heterocycles. The Balaban J connectivity index is 2.12. The summed E-state index contributed by atoms with van der Waals surface area (Å²) in [4.78, 5) is 10.9. The van der Waals surface area contributed by atoms with Crippen LogP contribution < -0.4 is 11.1 Å². The van der Waals surface area contributed by atoms with Crippen LogP contribution in [0.4, 0.5) is 0 Å². The van der Waals surface area contributed by atoms with Crippen molar-refractivity contribution in [2.24, 2.45) is 11.7 Å². The molecule has 1 saturated carbocycles. The number of primary amides is 1. The molecule has 0 bridgehead atoms. The molecule has 0 radical (unpaired) electrons. The zero-order valence-corrected chi connectivity index (χ0v) is 9.41. The summed E-state index contributed by atoms with van der Waals surface area (Å²) in [6.07, 6.45) is 4.40. The molecule has 4 N–H and O–H groups in total. The minimum atomic E-state index is -0.237. The fourth-order valence-electron chi connectivity index (χ4n) is 2.08. The fourth-order valence-corrected chi connectivity index (χ4v) is 2.08. The molecule has 1 fully saturated rings. The van der Waals surface area contributed by atoms with Crippen molar-refractivity contribution in [1.82, 2.24) is 5.32 Å². The summed E-state index contributed by atoms with van der Waals surface area (Å²) in [6.45, 7) is 2.65. The quantitative estimate of drug-likeness (QED) is 0.619. The van der Waals surface area contributed by atoms with Crippen LogP contribution in [0.2, 0.25) is 0 Å². The average molecular weight is 214 g/mol. The molecule has 0 aromatic carbocycles. The SMILES string of the molecule is CC(O)CCNC1CCC(C(N)=O)CC1. The Morgan fingerprint density at radius 1 is 1.47 bits per heavy atom. The lowest BCUT2D eigenvalue weighted by Gasteiger charge is -2.27. The van der Waals surface area contributed by atoms with Gasteiger partial charge in [-0.05, 0) is 45.6 Å². The largest absolute Gasteiger partial charge is 0.393 e. The van der Waals surface area contributed by atoms with E-state index in [2.05, 4.69) is 5.32 Å². The van der Waals surface area contributed by atoms with Crippen molar-refractivity contribution >= 4 is 5.91 Å². The molecular formula is C11H22N2O2. The number of aliphatic hydroxyl groups excluding tert-OH is 1. The van der Waals surface area contributed by atoms with Gasteiger partial charge in [0.25, 0.3) is 0 Å². The molecule has 88 valence electrons. The van der Waals surface area contributed by atoms with Crippen LogP contribution in [0.1, 0.15) is 39.0 Å². The first-order valence-electron chi connectivity index (χ1n) is 5.80. The Labute approximate surface area is 91.2 Å². The standard InChI is InChI=1S/C11H22N2O2/c1-8(14)6-7-13-10-4-2-9(3-5-10)11(12)15/h8-10,13-14H,2-7H2,1H3,(H2,12,15). The molecule has 0 aromatic rings. The van der Waals surface area contributed by atoms with Gasteiger partial charge in [-0.25, -0.2) is 0 Å². The molecule has 4 heteroatoms. The molecular weight excluding hydrogens is 192 g/mol. The number of hydrogen-bond donors (Lipinski definition) is 3. The van der Waals surface area contributed by atoms with E-state index in [0.29, 0.717) is 6.04 Å². The van der Waals surface area contributed by atoms with E-state index in [0.717, 1.165) is 38.6 Å². The summed E-state index contributed by atoms with van der Waals surface area (Å²) in [7, 11) is 0. The summed E-state index contributed by atoms with van der Waals surface area (Å²) < 4.78 is 0. The van der Waals surface area contributed by atoms with E-state index in [9.17, 15) is 4.79 Å². The van der Waals surface area contributed by atoms with Crippen LogP contribution in [0.15, 0.2) is 0 Å². The van der Waals surface area contributed by atoms with Gasteiger partial charge in [-0.3, -0.25) is 4.79 Å². The summed E-state index contributed by atoms with van der Waals surface area (Å²) in [6, 6.07) is 0.499. The van der Waals surface area contributed by atoms with E-state index in [1.54, 1.807) is 6.92 Å². The first-order chi connectivity index (χ1) is 7.09. The van der Waals surface area contributed by atoms with Gasteiger partial charge >= 0.3 is 0 Å². The Hall–Kier alpha value is -0.610. The average Bonchev–Trinajstić information content (AvgIpc) is 2.18. The van der Waals surface area contributed by atoms with E-state index >= 15 is 0 Å². The summed E-state index contributed by atoms with van der Waals surface area (Å²) >= 11 is 0. The molecule has 1 aliphatic carbocycles. The van der Waals surface area contributed by atoms with Crippen LogP contribution in [-0.4, -0.2) is 29.7 Å². The number of carbonyl (C=O) groups is 1. The highest BCUT2D eigenvalue weighted by atomic mass is 16.3. The van der Waals surface area contributed by atoms with Crippen molar-refractivity contribution in [1.29, 1.82) is 0 Å². The molecule has 0 aliphatic heterocycles. The van der Waals surface area contributed by atoms with E-state index in [1.165, 1.54) is 0 Å². The molecule has 1 amide bonds. The van der Waals surface area contributed by atoms with Crippen LogP contribution in [0.3, 0.4) is 0 Å². The first kappa shape index (κ1) is 12.5. The minimum absolute atomic E-state index is 0.0832. The Bertz CT molecular complexity index is 199. The van der Waals surface area contributed by atoms with Crippen LogP contribution in [-0.2, 0) is 4.79 Å². The number of aliphatic hydroxyl groups is 1. The smallest absolute Gasteiger partial charge is 0.220 e. The monoisotopic (exact) mass is 214 g/mol. The van der Waals surface area contributed by atoms with E-state index in [1.807, 2.05) is 0 Å². The van der Waals surface area contributed by atoms with Gasteiger partial charge < -0.3 is 16.2 Å². The number of amides is 1.